The monoisotopic (exact) mass is 277 g/mol. The highest BCUT2D eigenvalue weighted by molar-refractivity contribution is 7.90. The van der Waals surface area contributed by atoms with Gasteiger partial charge in [-0.15, -0.1) is 6.58 Å². The maximum atomic E-state index is 11.2. The fraction of sp³-hybridized carbons (Fsp3) is 0.750. The lowest BCUT2D eigenvalue weighted by atomic mass is 9.77. The van der Waals surface area contributed by atoms with Gasteiger partial charge in [0.2, 0.25) is 0 Å². The molecule has 0 aromatic heterocycles. The standard InChI is InChI=1S/C12H25O3SSi/c1-8-9(16(13,14)15)17-10(11(2,3)4)12(5,6)7/h8,10H,1,17H2,2-7H3,(H,13,14,15). The van der Waals surface area contributed by atoms with Gasteiger partial charge in [-0.2, -0.15) is 8.42 Å². The minimum Gasteiger partial charge on any atom is -0.285 e. The molecule has 0 amide bonds. The van der Waals surface area contributed by atoms with Gasteiger partial charge in [-0.25, -0.2) is 0 Å². The van der Waals surface area contributed by atoms with Crippen LogP contribution in [0.1, 0.15) is 41.5 Å². The van der Waals surface area contributed by atoms with E-state index in [1.807, 2.05) is 0 Å². The maximum Gasteiger partial charge on any atom is 0.272 e. The van der Waals surface area contributed by atoms with Crippen LogP contribution in [-0.2, 0) is 10.1 Å². The van der Waals surface area contributed by atoms with Crippen molar-refractivity contribution in [3.05, 3.63) is 17.5 Å². The van der Waals surface area contributed by atoms with E-state index in [0.29, 0.717) is 0 Å². The van der Waals surface area contributed by atoms with Gasteiger partial charge in [0.15, 0.2) is 0 Å². The smallest absolute Gasteiger partial charge is 0.272 e. The Hall–Kier alpha value is -0.133. The molecule has 0 aliphatic heterocycles. The van der Waals surface area contributed by atoms with Crippen LogP contribution >= 0.6 is 0 Å². The predicted octanol–water partition coefficient (Wildman–Crippen LogP) is 2.60. The number of hydrogen-bond donors (Lipinski definition) is 1. The van der Waals surface area contributed by atoms with E-state index < -0.39 is 19.6 Å². The van der Waals surface area contributed by atoms with Crippen LogP contribution in [-0.4, -0.2) is 22.5 Å². The molecule has 0 spiro atoms. The van der Waals surface area contributed by atoms with Gasteiger partial charge in [-0.1, -0.05) is 47.6 Å². The molecular formula is C12H25O3SSi. The van der Waals surface area contributed by atoms with E-state index in [9.17, 15) is 8.42 Å². The molecule has 0 bridgehead atoms. The van der Waals surface area contributed by atoms with Gasteiger partial charge >= 0.3 is 0 Å². The molecule has 0 saturated carbocycles. The van der Waals surface area contributed by atoms with E-state index in [0.717, 1.165) is 0 Å². The van der Waals surface area contributed by atoms with Crippen LogP contribution < -0.4 is 0 Å². The molecule has 0 heterocycles. The Morgan fingerprint density at radius 1 is 1.18 bits per heavy atom. The van der Waals surface area contributed by atoms with Crippen molar-refractivity contribution >= 4 is 19.6 Å². The molecule has 3 nitrogen and oxygen atoms in total. The third-order valence-electron chi connectivity index (χ3n) is 3.06. The second-order valence-corrected chi connectivity index (χ2v) is 10.6. The van der Waals surface area contributed by atoms with E-state index >= 15 is 0 Å². The molecule has 1 radical (unpaired) electrons. The fourth-order valence-corrected chi connectivity index (χ4v) is 5.75. The molecule has 0 unspecified atom stereocenters. The number of rotatable bonds is 4. The molecule has 17 heavy (non-hydrogen) atoms. The van der Waals surface area contributed by atoms with Crippen molar-refractivity contribution in [1.82, 2.24) is 0 Å². The molecule has 0 aliphatic carbocycles. The Balaban J connectivity index is 5.21. The Bertz CT molecular complexity index is 346. The van der Waals surface area contributed by atoms with Gasteiger partial charge in [0, 0.05) is 0 Å². The van der Waals surface area contributed by atoms with E-state index in [2.05, 4.69) is 48.1 Å². The third kappa shape index (κ3) is 5.36. The second kappa shape index (κ2) is 5.24. The molecule has 101 valence electrons. The average molecular weight is 277 g/mol. The highest BCUT2D eigenvalue weighted by atomic mass is 32.2. The van der Waals surface area contributed by atoms with Crippen LogP contribution in [0.3, 0.4) is 0 Å². The van der Waals surface area contributed by atoms with Crippen molar-refractivity contribution in [2.75, 3.05) is 0 Å². The van der Waals surface area contributed by atoms with Gasteiger partial charge in [0.25, 0.3) is 10.1 Å². The van der Waals surface area contributed by atoms with Crippen LogP contribution in [0.25, 0.3) is 0 Å². The van der Waals surface area contributed by atoms with Crippen LogP contribution in [0.15, 0.2) is 12.7 Å². The van der Waals surface area contributed by atoms with Crippen LogP contribution in [0, 0.1) is 15.7 Å². The quantitative estimate of drug-likeness (QED) is 0.635. The lowest BCUT2D eigenvalue weighted by Gasteiger charge is -2.41. The lowest BCUT2D eigenvalue weighted by molar-refractivity contribution is 0.232. The molecule has 0 aliphatic rings. The van der Waals surface area contributed by atoms with Crippen LogP contribution in [0.4, 0.5) is 0 Å². The van der Waals surface area contributed by atoms with Gasteiger partial charge in [0.05, 0.1) is 9.52 Å². The normalized spacial score (nSPS) is 15.1. The summed E-state index contributed by atoms with van der Waals surface area (Å²) < 4.78 is 31.6. The van der Waals surface area contributed by atoms with Crippen molar-refractivity contribution in [3.8, 4) is 0 Å². The zero-order valence-corrected chi connectivity index (χ0v) is 14.0. The first-order chi connectivity index (χ1) is 7.30. The molecule has 5 heteroatoms. The van der Waals surface area contributed by atoms with Crippen molar-refractivity contribution in [3.63, 3.8) is 0 Å². The first-order valence-electron chi connectivity index (χ1n) is 5.76. The fourth-order valence-electron chi connectivity index (χ4n) is 2.41. The topological polar surface area (TPSA) is 54.4 Å². The van der Waals surface area contributed by atoms with E-state index in [1.54, 1.807) is 0 Å². The second-order valence-electron chi connectivity index (χ2n) is 6.63. The highest BCUT2D eigenvalue weighted by Crippen LogP contribution is 2.45. The van der Waals surface area contributed by atoms with Crippen molar-refractivity contribution in [2.45, 2.75) is 47.1 Å². The summed E-state index contributed by atoms with van der Waals surface area (Å²) in [7, 11) is -5.18. The van der Waals surface area contributed by atoms with E-state index in [-0.39, 0.29) is 21.2 Å². The average Bonchev–Trinajstić information content (AvgIpc) is 1.97. The van der Waals surface area contributed by atoms with Gasteiger partial charge in [-0.3, -0.25) is 4.55 Å². The summed E-state index contributed by atoms with van der Waals surface area (Å²) in [6.07, 6.45) is 1.30. The highest BCUT2D eigenvalue weighted by Gasteiger charge is 2.39. The zero-order valence-electron chi connectivity index (χ0n) is 11.7. The van der Waals surface area contributed by atoms with E-state index in [1.165, 1.54) is 6.08 Å². The summed E-state index contributed by atoms with van der Waals surface area (Å²) in [4.78, 5) is 0.146. The lowest BCUT2D eigenvalue weighted by Crippen LogP contribution is -2.35. The minimum absolute atomic E-state index is 0.0173. The van der Waals surface area contributed by atoms with Crippen molar-refractivity contribution in [2.24, 2.45) is 10.8 Å². The molecule has 0 aromatic carbocycles. The van der Waals surface area contributed by atoms with Crippen molar-refractivity contribution < 1.29 is 13.0 Å². The molecule has 0 aromatic rings. The number of hydrogen-bond acceptors (Lipinski definition) is 2. The first kappa shape index (κ1) is 16.9. The Morgan fingerprint density at radius 2 is 1.53 bits per heavy atom. The van der Waals surface area contributed by atoms with Gasteiger partial charge in [-0.05, 0) is 16.4 Å². The Kier molecular flexibility index (Phi) is 5.20. The zero-order chi connectivity index (χ0) is 14.1. The maximum absolute atomic E-state index is 11.2. The summed E-state index contributed by atoms with van der Waals surface area (Å²) in [5.41, 5.74) is 0.303. The summed E-state index contributed by atoms with van der Waals surface area (Å²) >= 11 is 0. The predicted molar refractivity (Wildman–Crippen MR) is 76.2 cm³/mol. The SMILES string of the molecule is C=C[C]([SiH2]C(C(C)(C)C)C(C)(C)C)S(=O)(=O)O. The Labute approximate surface area is 108 Å². The Morgan fingerprint density at radius 3 is 1.71 bits per heavy atom. The molecule has 0 rings (SSSR count). The van der Waals surface area contributed by atoms with Crippen LogP contribution in [0.2, 0.25) is 5.54 Å². The summed E-state index contributed by atoms with van der Waals surface area (Å²) in [5.74, 6) is 0. The largest absolute Gasteiger partial charge is 0.285 e. The summed E-state index contributed by atoms with van der Waals surface area (Å²) in [6, 6.07) is 0. The molecule has 1 N–H and O–H groups in total. The molecular weight excluding hydrogens is 252 g/mol. The van der Waals surface area contributed by atoms with E-state index in [4.69, 9.17) is 4.55 Å². The van der Waals surface area contributed by atoms with Crippen molar-refractivity contribution in [1.29, 1.82) is 0 Å². The first-order valence-corrected chi connectivity index (χ1v) is 8.72. The summed E-state index contributed by atoms with van der Waals surface area (Å²) in [5, 5.41) is 0. The third-order valence-corrected chi connectivity index (χ3v) is 9.03. The molecule has 0 saturated heterocycles. The molecule has 0 fully saturated rings. The van der Waals surface area contributed by atoms with Gasteiger partial charge < -0.3 is 0 Å². The molecule has 0 atom stereocenters. The summed E-state index contributed by atoms with van der Waals surface area (Å²) in [6.45, 7) is 16.2. The minimum atomic E-state index is -4.07. The van der Waals surface area contributed by atoms with Gasteiger partial charge in [0.1, 0.15) is 4.87 Å². The van der Waals surface area contributed by atoms with Crippen LogP contribution in [0.5, 0.6) is 0 Å².